The van der Waals surface area contributed by atoms with Gasteiger partial charge in [-0.15, -0.1) is 0 Å². The Balaban J connectivity index is 1.83. The van der Waals surface area contributed by atoms with E-state index in [2.05, 4.69) is 20.9 Å². The molecule has 1 aromatic heterocycles. The zero-order valence-electron chi connectivity index (χ0n) is 12.0. The highest BCUT2D eigenvalue weighted by molar-refractivity contribution is 9.10. The van der Waals surface area contributed by atoms with Crippen molar-refractivity contribution in [3.63, 3.8) is 0 Å². The van der Waals surface area contributed by atoms with Crippen molar-refractivity contribution in [3.8, 4) is 0 Å². The van der Waals surface area contributed by atoms with E-state index in [1.165, 1.54) is 12.8 Å². The molecular formula is C15H18BrN3O2. The molecule has 0 radical (unpaired) electrons. The Labute approximate surface area is 132 Å². The van der Waals surface area contributed by atoms with Crippen LogP contribution in [0.25, 0.3) is 0 Å². The lowest BCUT2D eigenvalue weighted by Gasteiger charge is -2.39. The van der Waals surface area contributed by atoms with Crippen molar-refractivity contribution in [3.05, 3.63) is 28.5 Å². The molecule has 2 amide bonds. The molecule has 21 heavy (non-hydrogen) atoms. The number of hydrogen-bond donors (Lipinski definition) is 0. The molecule has 0 spiro atoms. The van der Waals surface area contributed by atoms with Crippen molar-refractivity contribution < 1.29 is 9.59 Å². The molecule has 1 saturated carbocycles. The summed E-state index contributed by atoms with van der Waals surface area (Å²) in [6, 6.07) is 3.10. The van der Waals surface area contributed by atoms with Crippen LogP contribution in [0.5, 0.6) is 0 Å². The standard InChI is InChI=1S/C15H18BrN3O2/c1-18-6-7-19(12(15(18)21)8-10-2-3-10)14(20)11-4-5-17-13(16)9-11/h4-5,9-10,12H,2-3,6-8H2,1H3. The fourth-order valence-corrected chi connectivity index (χ4v) is 3.12. The lowest BCUT2D eigenvalue weighted by Crippen LogP contribution is -2.57. The van der Waals surface area contributed by atoms with Gasteiger partial charge in [0.1, 0.15) is 10.6 Å². The van der Waals surface area contributed by atoms with Gasteiger partial charge in [-0.1, -0.05) is 12.8 Å². The molecule has 0 N–H and O–H groups in total. The van der Waals surface area contributed by atoms with Gasteiger partial charge in [0.15, 0.2) is 0 Å². The zero-order valence-corrected chi connectivity index (χ0v) is 13.5. The van der Waals surface area contributed by atoms with Gasteiger partial charge in [0, 0.05) is 31.9 Å². The molecule has 1 atom stereocenters. The SMILES string of the molecule is CN1CCN(C(=O)c2ccnc(Br)c2)C(CC2CC2)C1=O. The molecule has 3 rings (SSSR count). The highest BCUT2D eigenvalue weighted by Crippen LogP contribution is 2.36. The van der Waals surface area contributed by atoms with E-state index in [-0.39, 0.29) is 17.9 Å². The zero-order chi connectivity index (χ0) is 15.0. The van der Waals surface area contributed by atoms with Crippen molar-refractivity contribution in [1.82, 2.24) is 14.8 Å². The van der Waals surface area contributed by atoms with Crippen LogP contribution in [0, 0.1) is 5.92 Å². The number of carbonyl (C=O) groups excluding carboxylic acids is 2. The van der Waals surface area contributed by atoms with Gasteiger partial charge in [-0.3, -0.25) is 9.59 Å². The first-order valence-electron chi connectivity index (χ1n) is 7.24. The Morgan fingerprint density at radius 2 is 2.19 bits per heavy atom. The summed E-state index contributed by atoms with van der Waals surface area (Å²) in [7, 11) is 1.81. The molecule has 2 aliphatic rings. The molecule has 5 nitrogen and oxygen atoms in total. The molecule has 1 saturated heterocycles. The smallest absolute Gasteiger partial charge is 0.254 e. The summed E-state index contributed by atoms with van der Waals surface area (Å²) in [6.45, 7) is 1.19. The lowest BCUT2D eigenvalue weighted by atomic mass is 10.0. The van der Waals surface area contributed by atoms with Crippen LogP contribution in [0.1, 0.15) is 29.6 Å². The number of amides is 2. The highest BCUT2D eigenvalue weighted by atomic mass is 79.9. The summed E-state index contributed by atoms with van der Waals surface area (Å²) in [5, 5.41) is 0. The molecule has 0 aromatic carbocycles. The van der Waals surface area contributed by atoms with E-state index in [0.29, 0.717) is 29.2 Å². The van der Waals surface area contributed by atoms with Gasteiger partial charge in [0.2, 0.25) is 5.91 Å². The fourth-order valence-electron chi connectivity index (χ4n) is 2.75. The maximum atomic E-state index is 12.7. The quantitative estimate of drug-likeness (QED) is 0.781. The summed E-state index contributed by atoms with van der Waals surface area (Å²) in [4.78, 5) is 32.7. The number of halogens is 1. The number of nitrogens with zero attached hydrogens (tertiary/aromatic N) is 3. The van der Waals surface area contributed by atoms with E-state index in [9.17, 15) is 9.59 Å². The minimum atomic E-state index is -0.310. The fraction of sp³-hybridized carbons (Fsp3) is 0.533. The Hall–Kier alpha value is -1.43. The van der Waals surface area contributed by atoms with Crippen LogP contribution in [0.2, 0.25) is 0 Å². The molecule has 1 unspecified atom stereocenters. The second-order valence-electron chi connectivity index (χ2n) is 5.82. The molecule has 1 aromatic rings. The van der Waals surface area contributed by atoms with Gasteiger partial charge in [-0.25, -0.2) is 4.98 Å². The molecule has 112 valence electrons. The minimum Gasteiger partial charge on any atom is -0.342 e. The average molecular weight is 352 g/mol. The van der Waals surface area contributed by atoms with Gasteiger partial charge >= 0.3 is 0 Å². The molecular weight excluding hydrogens is 334 g/mol. The normalized spacial score (nSPS) is 22.6. The van der Waals surface area contributed by atoms with Gasteiger partial charge in [0.25, 0.3) is 5.91 Å². The van der Waals surface area contributed by atoms with Gasteiger partial charge in [0.05, 0.1) is 0 Å². The number of hydrogen-bond acceptors (Lipinski definition) is 3. The third kappa shape index (κ3) is 3.10. The van der Waals surface area contributed by atoms with Crippen LogP contribution in [0.3, 0.4) is 0 Å². The summed E-state index contributed by atoms with van der Waals surface area (Å²) in [5.74, 6) is 0.588. The number of pyridine rings is 1. The van der Waals surface area contributed by atoms with Crippen molar-refractivity contribution in [2.24, 2.45) is 5.92 Å². The Kier molecular flexibility index (Phi) is 3.97. The van der Waals surface area contributed by atoms with Crippen LogP contribution in [0.4, 0.5) is 0 Å². The molecule has 1 aliphatic carbocycles. The number of likely N-dealkylation sites (N-methyl/N-ethyl adjacent to an activating group) is 1. The molecule has 0 bridgehead atoms. The van der Waals surface area contributed by atoms with Crippen LogP contribution in [-0.4, -0.2) is 52.8 Å². The van der Waals surface area contributed by atoms with E-state index >= 15 is 0 Å². The molecule has 2 fully saturated rings. The summed E-state index contributed by atoms with van der Waals surface area (Å²) >= 11 is 3.28. The maximum Gasteiger partial charge on any atom is 0.254 e. The van der Waals surface area contributed by atoms with E-state index in [0.717, 1.165) is 6.42 Å². The Bertz CT molecular complexity index is 574. The molecule has 2 heterocycles. The van der Waals surface area contributed by atoms with Gasteiger partial charge in [-0.05, 0) is 40.4 Å². The minimum absolute atomic E-state index is 0.0645. The highest BCUT2D eigenvalue weighted by Gasteiger charge is 2.39. The van der Waals surface area contributed by atoms with Crippen molar-refractivity contribution in [2.45, 2.75) is 25.3 Å². The van der Waals surface area contributed by atoms with Crippen molar-refractivity contribution >= 4 is 27.7 Å². The first-order chi connectivity index (χ1) is 10.1. The third-order valence-electron chi connectivity index (χ3n) is 4.20. The second kappa shape index (κ2) is 5.75. The average Bonchev–Trinajstić information content (AvgIpc) is 3.27. The topological polar surface area (TPSA) is 53.5 Å². The monoisotopic (exact) mass is 351 g/mol. The number of carbonyl (C=O) groups is 2. The second-order valence-corrected chi connectivity index (χ2v) is 6.63. The van der Waals surface area contributed by atoms with E-state index in [4.69, 9.17) is 0 Å². The van der Waals surface area contributed by atoms with Crippen LogP contribution in [0.15, 0.2) is 22.9 Å². The largest absolute Gasteiger partial charge is 0.342 e. The van der Waals surface area contributed by atoms with Crippen molar-refractivity contribution in [2.75, 3.05) is 20.1 Å². The Morgan fingerprint density at radius 1 is 1.43 bits per heavy atom. The van der Waals surface area contributed by atoms with Gasteiger partial charge in [-0.2, -0.15) is 0 Å². The number of aromatic nitrogens is 1. The predicted octanol–water partition coefficient (Wildman–Crippen LogP) is 1.93. The van der Waals surface area contributed by atoms with Crippen LogP contribution >= 0.6 is 15.9 Å². The van der Waals surface area contributed by atoms with Crippen LogP contribution in [-0.2, 0) is 4.79 Å². The first-order valence-corrected chi connectivity index (χ1v) is 8.03. The number of rotatable bonds is 3. The van der Waals surface area contributed by atoms with Gasteiger partial charge < -0.3 is 9.80 Å². The van der Waals surface area contributed by atoms with E-state index < -0.39 is 0 Å². The summed E-state index contributed by atoms with van der Waals surface area (Å²) in [5.41, 5.74) is 0.579. The van der Waals surface area contributed by atoms with Crippen LogP contribution < -0.4 is 0 Å². The maximum absolute atomic E-state index is 12.7. The summed E-state index contributed by atoms with van der Waals surface area (Å²) in [6.07, 6.45) is 4.75. The summed E-state index contributed by atoms with van der Waals surface area (Å²) < 4.78 is 0.632. The number of piperazine rings is 1. The third-order valence-corrected chi connectivity index (χ3v) is 4.64. The predicted molar refractivity (Wildman–Crippen MR) is 81.7 cm³/mol. The van der Waals surface area contributed by atoms with E-state index in [1.807, 2.05) is 7.05 Å². The lowest BCUT2D eigenvalue weighted by molar-refractivity contribution is -0.139. The molecule has 1 aliphatic heterocycles. The van der Waals surface area contributed by atoms with Crippen molar-refractivity contribution in [1.29, 1.82) is 0 Å². The van der Waals surface area contributed by atoms with E-state index in [1.54, 1.807) is 28.1 Å². The first kappa shape index (κ1) is 14.5. The Morgan fingerprint density at radius 3 is 2.86 bits per heavy atom. The molecule has 6 heteroatoms.